The lowest BCUT2D eigenvalue weighted by Crippen LogP contribution is -2.49. The van der Waals surface area contributed by atoms with Crippen LogP contribution in [0.25, 0.3) is 0 Å². The summed E-state index contributed by atoms with van der Waals surface area (Å²) in [5.74, 6) is -0.925. The molecule has 0 saturated carbocycles. The van der Waals surface area contributed by atoms with Crippen LogP contribution in [0.5, 0.6) is 5.75 Å². The SMILES string of the molecule is COc1ccccc1N(CN1C(=O)c2ccccc2C1=O)C(=O)NS(=O)(=O)c1ccc(C)cc1. The first-order valence-corrected chi connectivity index (χ1v) is 11.7. The molecule has 1 heterocycles. The summed E-state index contributed by atoms with van der Waals surface area (Å²) in [6.07, 6.45) is 0. The number of carbonyl (C=O) groups excluding carboxylic acids is 3. The Hall–Kier alpha value is -4.18. The fourth-order valence-corrected chi connectivity index (χ4v) is 4.51. The van der Waals surface area contributed by atoms with Gasteiger partial charge in [0.15, 0.2) is 0 Å². The second-order valence-corrected chi connectivity index (χ2v) is 9.23. The molecule has 1 aliphatic rings. The van der Waals surface area contributed by atoms with Crippen molar-refractivity contribution in [2.24, 2.45) is 0 Å². The van der Waals surface area contributed by atoms with Gasteiger partial charge in [-0.15, -0.1) is 0 Å². The van der Waals surface area contributed by atoms with Gasteiger partial charge in [-0.1, -0.05) is 42.0 Å². The van der Waals surface area contributed by atoms with E-state index in [4.69, 9.17) is 4.74 Å². The number of nitrogens with zero attached hydrogens (tertiary/aromatic N) is 2. The highest BCUT2D eigenvalue weighted by atomic mass is 32.2. The molecular formula is C24H21N3O6S. The topological polar surface area (TPSA) is 113 Å². The molecule has 174 valence electrons. The molecule has 0 fully saturated rings. The first kappa shape index (κ1) is 23.0. The molecule has 0 atom stereocenters. The van der Waals surface area contributed by atoms with Crippen LogP contribution < -0.4 is 14.4 Å². The fraction of sp³-hybridized carbons (Fsp3) is 0.125. The largest absolute Gasteiger partial charge is 0.495 e. The van der Waals surface area contributed by atoms with Gasteiger partial charge in [-0.25, -0.2) is 17.9 Å². The predicted molar refractivity (Wildman–Crippen MR) is 124 cm³/mol. The summed E-state index contributed by atoms with van der Waals surface area (Å²) in [7, 11) is -2.84. The minimum atomic E-state index is -4.23. The van der Waals surface area contributed by atoms with Gasteiger partial charge in [-0.05, 0) is 43.3 Å². The minimum absolute atomic E-state index is 0.104. The summed E-state index contributed by atoms with van der Waals surface area (Å²) >= 11 is 0. The number of ether oxygens (including phenoxy) is 1. The molecule has 0 radical (unpaired) electrons. The molecule has 0 unspecified atom stereocenters. The van der Waals surface area contributed by atoms with E-state index in [9.17, 15) is 22.8 Å². The van der Waals surface area contributed by atoms with E-state index in [0.29, 0.717) is 0 Å². The molecule has 0 aromatic heterocycles. The zero-order chi connectivity index (χ0) is 24.5. The van der Waals surface area contributed by atoms with E-state index in [-0.39, 0.29) is 27.5 Å². The van der Waals surface area contributed by atoms with E-state index in [0.717, 1.165) is 15.4 Å². The Morgan fingerprint density at radius 2 is 1.47 bits per heavy atom. The number of methoxy groups -OCH3 is 1. The van der Waals surface area contributed by atoms with E-state index in [1.165, 1.54) is 37.4 Å². The highest BCUT2D eigenvalue weighted by molar-refractivity contribution is 7.90. The summed E-state index contributed by atoms with van der Waals surface area (Å²) in [4.78, 5) is 40.8. The summed E-state index contributed by atoms with van der Waals surface area (Å²) in [6.45, 7) is 1.28. The normalized spacial score (nSPS) is 12.9. The molecule has 0 spiro atoms. The van der Waals surface area contributed by atoms with Crippen molar-refractivity contribution >= 4 is 33.6 Å². The van der Waals surface area contributed by atoms with Crippen molar-refractivity contribution in [2.75, 3.05) is 18.7 Å². The molecule has 1 aliphatic heterocycles. The maximum atomic E-state index is 13.3. The van der Waals surface area contributed by atoms with Crippen LogP contribution in [0, 0.1) is 6.92 Å². The zero-order valence-electron chi connectivity index (χ0n) is 18.4. The number of carbonyl (C=O) groups is 3. The van der Waals surface area contributed by atoms with E-state index >= 15 is 0 Å². The van der Waals surface area contributed by atoms with Crippen LogP contribution in [0.1, 0.15) is 26.3 Å². The van der Waals surface area contributed by atoms with Crippen molar-refractivity contribution in [1.29, 1.82) is 0 Å². The Morgan fingerprint density at radius 1 is 0.912 bits per heavy atom. The third kappa shape index (κ3) is 4.23. The summed E-state index contributed by atoms with van der Waals surface area (Å²) in [6, 6.07) is 17.6. The van der Waals surface area contributed by atoms with Crippen LogP contribution in [-0.4, -0.2) is 44.9 Å². The molecule has 3 aromatic carbocycles. The van der Waals surface area contributed by atoms with E-state index < -0.39 is 34.5 Å². The number of para-hydroxylation sites is 2. The lowest BCUT2D eigenvalue weighted by atomic mass is 10.1. The van der Waals surface area contributed by atoms with Gasteiger partial charge in [0, 0.05) is 0 Å². The lowest BCUT2D eigenvalue weighted by molar-refractivity contribution is 0.0657. The van der Waals surface area contributed by atoms with Crippen molar-refractivity contribution < 1.29 is 27.5 Å². The standard InChI is InChI=1S/C24H21N3O6S/c1-16-11-13-17(14-12-16)34(31,32)25-24(30)26(20-9-5-6-10-21(20)33-2)15-27-22(28)18-7-3-4-8-19(18)23(27)29/h3-14H,15H2,1-2H3,(H,25,30). The van der Waals surface area contributed by atoms with Crippen molar-refractivity contribution in [3.8, 4) is 5.75 Å². The molecule has 4 rings (SSSR count). The number of anilines is 1. The molecular weight excluding hydrogens is 458 g/mol. The Morgan fingerprint density at radius 3 is 2.06 bits per heavy atom. The highest BCUT2D eigenvalue weighted by Gasteiger charge is 2.38. The van der Waals surface area contributed by atoms with Crippen LogP contribution in [-0.2, 0) is 10.0 Å². The Kier molecular flexibility index (Phi) is 6.08. The Balaban J connectivity index is 1.69. The molecule has 0 saturated heterocycles. The van der Waals surface area contributed by atoms with E-state index in [1.807, 2.05) is 4.72 Å². The van der Waals surface area contributed by atoms with Gasteiger partial charge >= 0.3 is 6.03 Å². The number of sulfonamides is 1. The van der Waals surface area contributed by atoms with Crippen molar-refractivity contribution in [3.05, 3.63) is 89.5 Å². The van der Waals surface area contributed by atoms with Gasteiger partial charge in [-0.2, -0.15) is 0 Å². The number of hydrogen-bond acceptors (Lipinski definition) is 6. The number of imide groups is 1. The molecule has 3 aromatic rings. The van der Waals surface area contributed by atoms with Crippen LogP contribution in [0.2, 0.25) is 0 Å². The Bertz CT molecular complexity index is 1350. The molecule has 0 aliphatic carbocycles. The third-order valence-electron chi connectivity index (χ3n) is 5.34. The minimum Gasteiger partial charge on any atom is -0.495 e. The smallest absolute Gasteiger partial charge is 0.337 e. The van der Waals surface area contributed by atoms with Crippen LogP contribution in [0.4, 0.5) is 10.5 Å². The first-order chi connectivity index (χ1) is 16.2. The molecule has 1 N–H and O–H groups in total. The highest BCUT2D eigenvalue weighted by Crippen LogP contribution is 2.30. The van der Waals surface area contributed by atoms with Crippen LogP contribution in [0.3, 0.4) is 0 Å². The van der Waals surface area contributed by atoms with Gasteiger partial charge in [0.05, 0.1) is 28.8 Å². The maximum Gasteiger partial charge on any atom is 0.337 e. The third-order valence-corrected chi connectivity index (χ3v) is 6.67. The second-order valence-electron chi connectivity index (χ2n) is 7.55. The van der Waals surface area contributed by atoms with Crippen LogP contribution in [0.15, 0.2) is 77.7 Å². The molecule has 34 heavy (non-hydrogen) atoms. The second kappa shape index (κ2) is 8.99. The Labute approximate surface area is 196 Å². The van der Waals surface area contributed by atoms with Crippen molar-refractivity contribution in [2.45, 2.75) is 11.8 Å². The van der Waals surface area contributed by atoms with Crippen molar-refractivity contribution in [1.82, 2.24) is 9.62 Å². The monoisotopic (exact) mass is 479 g/mol. The zero-order valence-corrected chi connectivity index (χ0v) is 19.2. The number of rotatable bonds is 6. The molecule has 9 nitrogen and oxygen atoms in total. The van der Waals surface area contributed by atoms with Gasteiger partial charge < -0.3 is 4.74 Å². The number of hydrogen-bond donors (Lipinski definition) is 1. The summed E-state index contributed by atoms with van der Waals surface area (Å²) < 4.78 is 33.0. The molecule has 4 amide bonds. The van der Waals surface area contributed by atoms with Crippen molar-refractivity contribution in [3.63, 3.8) is 0 Å². The number of aryl methyl sites for hydroxylation is 1. The average Bonchev–Trinajstić information content (AvgIpc) is 3.07. The van der Waals surface area contributed by atoms with Gasteiger partial charge in [0.2, 0.25) is 0 Å². The van der Waals surface area contributed by atoms with Gasteiger partial charge in [-0.3, -0.25) is 19.4 Å². The predicted octanol–water partition coefficient (Wildman–Crippen LogP) is 3.16. The number of nitrogens with one attached hydrogen (secondary N) is 1. The average molecular weight is 480 g/mol. The maximum absolute atomic E-state index is 13.3. The quantitative estimate of drug-likeness (QED) is 0.544. The van der Waals surface area contributed by atoms with Gasteiger partial charge in [0.25, 0.3) is 21.8 Å². The number of benzene rings is 3. The van der Waals surface area contributed by atoms with Crippen LogP contribution >= 0.6 is 0 Å². The van der Waals surface area contributed by atoms with E-state index in [2.05, 4.69) is 0 Å². The fourth-order valence-electron chi connectivity index (χ4n) is 3.56. The van der Waals surface area contributed by atoms with E-state index in [1.54, 1.807) is 49.4 Å². The van der Waals surface area contributed by atoms with Gasteiger partial charge in [0.1, 0.15) is 12.4 Å². The summed E-state index contributed by atoms with van der Waals surface area (Å²) in [5, 5.41) is 0. The number of fused-ring (bicyclic) bond motifs is 1. The first-order valence-electron chi connectivity index (χ1n) is 10.2. The number of amides is 4. The molecule has 0 bridgehead atoms. The molecule has 10 heteroatoms. The lowest BCUT2D eigenvalue weighted by Gasteiger charge is -2.28. The number of urea groups is 1. The summed E-state index contributed by atoms with van der Waals surface area (Å²) in [5.41, 5.74) is 1.45.